The number of hydrogen-bond donors (Lipinski definition) is 1. The maximum atomic E-state index is 13.3. The van der Waals surface area contributed by atoms with Crippen LogP contribution in [0.25, 0.3) is 11.0 Å². The van der Waals surface area contributed by atoms with Crippen LogP contribution < -0.4 is 5.32 Å². The zero-order valence-electron chi connectivity index (χ0n) is 14.0. The van der Waals surface area contributed by atoms with Crippen LogP contribution in [0.2, 0.25) is 0 Å². The predicted molar refractivity (Wildman–Crippen MR) is 90.1 cm³/mol. The fraction of sp³-hybridized carbons (Fsp3) is 0.278. The first-order valence-corrected chi connectivity index (χ1v) is 8.07. The Bertz CT molecular complexity index is 906. The van der Waals surface area contributed by atoms with E-state index in [1.54, 1.807) is 43.6 Å². The third-order valence-corrected chi connectivity index (χ3v) is 4.09. The summed E-state index contributed by atoms with van der Waals surface area (Å²) in [4.78, 5) is 20.1. The summed E-state index contributed by atoms with van der Waals surface area (Å²) >= 11 is 0. The molecule has 0 spiro atoms. The predicted octanol–water partition coefficient (Wildman–Crippen LogP) is 3.72. The number of alkyl halides is 3. The van der Waals surface area contributed by atoms with Crippen LogP contribution in [0.15, 0.2) is 48.9 Å². The third kappa shape index (κ3) is 3.84. The fourth-order valence-corrected chi connectivity index (χ4v) is 2.81. The Hall–Kier alpha value is -2.90. The molecule has 8 heteroatoms. The SMILES string of the molecule is C[C@@H](NC(=O)CCn1c(C(F)(F)F)cc2cccnc21)c1ccncc1. The maximum Gasteiger partial charge on any atom is 0.431 e. The van der Waals surface area contributed by atoms with Crippen molar-refractivity contribution < 1.29 is 18.0 Å². The molecule has 1 N–H and O–H groups in total. The number of halogens is 3. The van der Waals surface area contributed by atoms with Crippen LogP contribution in [0.1, 0.15) is 30.6 Å². The Morgan fingerprint density at radius 3 is 2.65 bits per heavy atom. The van der Waals surface area contributed by atoms with Crippen LogP contribution in [0.4, 0.5) is 13.2 Å². The number of carbonyl (C=O) groups is 1. The Labute approximate surface area is 147 Å². The number of carbonyl (C=O) groups excluding carboxylic acids is 1. The Balaban J connectivity index is 1.74. The van der Waals surface area contributed by atoms with Gasteiger partial charge in [0, 0.05) is 36.9 Å². The molecule has 0 aromatic carbocycles. The van der Waals surface area contributed by atoms with Crippen molar-refractivity contribution in [3.8, 4) is 0 Å². The summed E-state index contributed by atoms with van der Waals surface area (Å²) < 4.78 is 40.9. The Morgan fingerprint density at radius 2 is 1.96 bits per heavy atom. The van der Waals surface area contributed by atoms with Gasteiger partial charge in [-0.25, -0.2) is 4.98 Å². The molecule has 5 nitrogen and oxygen atoms in total. The molecule has 0 aliphatic rings. The van der Waals surface area contributed by atoms with Gasteiger partial charge in [0.1, 0.15) is 11.3 Å². The summed E-state index contributed by atoms with van der Waals surface area (Å²) in [6.07, 6.45) is 0.0708. The average Bonchev–Trinajstić information content (AvgIpc) is 3.00. The summed E-state index contributed by atoms with van der Waals surface area (Å²) in [7, 11) is 0. The van der Waals surface area contributed by atoms with E-state index in [2.05, 4.69) is 15.3 Å². The highest BCUT2D eigenvalue weighted by Crippen LogP contribution is 2.33. The minimum Gasteiger partial charge on any atom is -0.350 e. The normalized spacial score (nSPS) is 12.9. The Morgan fingerprint density at radius 1 is 1.23 bits per heavy atom. The van der Waals surface area contributed by atoms with Crippen LogP contribution in [-0.4, -0.2) is 20.4 Å². The first-order chi connectivity index (χ1) is 12.4. The van der Waals surface area contributed by atoms with Crippen molar-refractivity contribution in [2.75, 3.05) is 0 Å². The van der Waals surface area contributed by atoms with Gasteiger partial charge in [-0.05, 0) is 42.8 Å². The molecule has 0 saturated carbocycles. The van der Waals surface area contributed by atoms with Crippen molar-refractivity contribution in [3.05, 3.63) is 60.2 Å². The molecule has 3 aromatic heterocycles. The van der Waals surface area contributed by atoms with E-state index in [0.29, 0.717) is 5.39 Å². The van der Waals surface area contributed by atoms with Crippen LogP contribution >= 0.6 is 0 Å². The second kappa shape index (κ2) is 7.15. The molecule has 3 heterocycles. The largest absolute Gasteiger partial charge is 0.431 e. The van der Waals surface area contributed by atoms with E-state index in [9.17, 15) is 18.0 Å². The van der Waals surface area contributed by atoms with Crippen LogP contribution in [-0.2, 0) is 17.5 Å². The number of fused-ring (bicyclic) bond motifs is 1. The molecule has 0 saturated heterocycles. The molecule has 0 fully saturated rings. The number of aryl methyl sites for hydroxylation is 1. The lowest BCUT2D eigenvalue weighted by molar-refractivity contribution is -0.143. The number of nitrogens with zero attached hydrogens (tertiary/aromatic N) is 3. The number of aromatic nitrogens is 3. The number of hydrogen-bond acceptors (Lipinski definition) is 3. The quantitative estimate of drug-likeness (QED) is 0.753. The van der Waals surface area contributed by atoms with E-state index in [1.807, 2.05) is 0 Å². The summed E-state index contributed by atoms with van der Waals surface area (Å²) in [5, 5.41) is 3.18. The second-order valence-electron chi connectivity index (χ2n) is 5.91. The van der Waals surface area contributed by atoms with E-state index in [-0.39, 0.29) is 30.6 Å². The lowest BCUT2D eigenvalue weighted by atomic mass is 10.1. The molecule has 136 valence electrons. The summed E-state index contributed by atoms with van der Waals surface area (Å²) in [6.45, 7) is 1.70. The highest BCUT2D eigenvalue weighted by molar-refractivity contribution is 5.79. The average molecular weight is 362 g/mol. The van der Waals surface area contributed by atoms with Crippen molar-refractivity contribution in [3.63, 3.8) is 0 Å². The third-order valence-electron chi connectivity index (χ3n) is 4.09. The first kappa shape index (κ1) is 17.9. The van der Waals surface area contributed by atoms with Gasteiger partial charge in [0.2, 0.25) is 5.91 Å². The van der Waals surface area contributed by atoms with Gasteiger partial charge in [-0.15, -0.1) is 0 Å². The molecule has 3 rings (SSSR count). The van der Waals surface area contributed by atoms with E-state index < -0.39 is 11.9 Å². The molecule has 1 amide bonds. The van der Waals surface area contributed by atoms with Gasteiger partial charge >= 0.3 is 6.18 Å². The fourth-order valence-electron chi connectivity index (χ4n) is 2.81. The molecule has 0 bridgehead atoms. The van der Waals surface area contributed by atoms with E-state index >= 15 is 0 Å². The minimum atomic E-state index is -4.51. The molecule has 0 radical (unpaired) electrons. The molecule has 0 unspecified atom stereocenters. The highest BCUT2D eigenvalue weighted by Gasteiger charge is 2.35. The number of rotatable bonds is 5. The van der Waals surface area contributed by atoms with Crippen molar-refractivity contribution in [1.29, 1.82) is 0 Å². The summed E-state index contributed by atoms with van der Waals surface area (Å²) in [6, 6.07) is 7.49. The van der Waals surface area contributed by atoms with Gasteiger partial charge in [-0.1, -0.05) is 0 Å². The van der Waals surface area contributed by atoms with Gasteiger partial charge < -0.3 is 9.88 Å². The maximum absolute atomic E-state index is 13.3. The lowest BCUT2D eigenvalue weighted by Crippen LogP contribution is -2.28. The second-order valence-corrected chi connectivity index (χ2v) is 5.91. The lowest BCUT2D eigenvalue weighted by Gasteiger charge is -2.16. The molecular formula is C18H17F3N4O. The minimum absolute atomic E-state index is 0.0845. The van der Waals surface area contributed by atoms with Gasteiger partial charge in [0.25, 0.3) is 0 Å². The van der Waals surface area contributed by atoms with Crippen molar-refractivity contribution in [2.24, 2.45) is 0 Å². The van der Waals surface area contributed by atoms with Gasteiger partial charge in [0.15, 0.2) is 0 Å². The zero-order valence-corrected chi connectivity index (χ0v) is 14.0. The van der Waals surface area contributed by atoms with Crippen molar-refractivity contribution in [2.45, 2.75) is 32.1 Å². The van der Waals surface area contributed by atoms with E-state index in [4.69, 9.17) is 0 Å². The van der Waals surface area contributed by atoms with E-state index in [1.165, 1.54) is 6.20 Å². The standard InChI is InChI=1S/C18H17F3N4O/c1-12(13-4-8-22-9-5-13)24-16(26)6-10-25-15(18(19,20)21)11-14-3-2-7-23-17(14)25/h2-5,7-9,11-12H,6,10H2,1H3,(H,24,26)/t12-/m1/s1. The number of nitrogens with one attached hydrogen (secondary N) is 1. The molecule has 0 aliphatic heterocycles. The smallest absolute Gasteiger partial charge is 0.350 e. The van der Waals surface area contributed by atoms with Crippen LogP contribution in [0.5, 0.6) is 0 Å². The number of pyridine rings is 2. The molecule has 1 atom stereocenters. The molecule has 26 heavy (non-hydrogen) atoms. The van der Waals surface area contributed by atoms with Crippen LogP contribution in [0.3, 0.4) is 0 Å². The van der Waals surface area contributed by atoms with Gasteiger partial charge in [-0.2, -0.15) is 13.2 Å². The molecular weight excluding hydrogens is 345 g/mol. The van der Waals surface area contributed by atoms with E-state index in [0.717, 1.165) is 16.2 Å². The zero-order chi connectivity index (χ0) is 18.7. The Kier molecular flexibility index (Phi) is 4.92. The van der Waals surface area contributed by atoms with Gasteiger partial charge in [0.05, 0.1) is 6.04 Å². The molecule has 3 aromatic rings. The highest BCUT2D eigenvalue weighted by atomic mass is 19.4. The van der Waals surface area contributed by atoms with Gasteiger partial charge in [-0.3, -0.25) is 9.78 Å². The summed E-state index contributed by atoms with van der Waals surface area (Å²) in [5.41, 5.74) is 0.286. The molecule has 0 aliphatic carbocycles. The number of amides is 1. The van der Waals surface area contributed by atoms with Crippen molar-refractivity contribution >= 4 is 16.9 Å². The first-order valence-electron chi connectivity index (χ1n) is 8.07. The monoisotopic (exact) mass is 362 g/mol. The summed E-state index contributed by atoms with van der Waals surface area (Å²) in [5.74, 6) is -0.333. The van der Waals surface area contributed by atoms with Crippen molar-refractivity contribution in [1.82, 2.24) is 19.9 Å². The topological polar surface area (TPSA) is 59.8 Å². The van der Waals surface area contributed by atoms with Crippen LogP contribution in [0, 0.1) is 0 Å².